The molecule has 0 amide bonds. The van der Waals surface area contributed by atoms with E-state index in [1.165, 1.54) is 0 Å². The Morgan fingerprint density at radius 2 is 2.25 bits per heavy atom. The summed E-state index contributed by atoms with van der Waals surface area (Å²) in [4.78, 5) is 4.49. The molecule has 0 aromatic rings. The lowest BCUT2D eigenvalue weighted by molar-refractivity contribution is -0.0604. The smallest absolute Gasteiger partial charge is 0.390 e. The third-order valence-corrected chi connectivity index (χ3v) is 1.81. The van der Waals surface area contributed by atoms with Crippen molar-refractivity contribution in [3.05, 3.63) is 0 Å². The highest BCUT2D eigenvalue weighted by atomic mass is 35.5. The van der Waals surface area contributed by atoms with E-state index >= 15 is 0 Å². The van der Waals surface area contributed by atoms with E-state index in [-0.39, 0.29) is 6.42 Å². The van der Waals surface area contributed by atoms with Gasteiger partial charge < -0.3 is 4.84 Å². The van der Waals surface area contributed by atoms with Crippen molar-refractivity contribution in [2.45, 2.75) is 31.0 Å². The van der Waals surface area contributed by atoms with Gasteiger partial charge in [-0.15, -0.1) is 11.6 Å². The number of alkyl halides is 4. The molecule has 1 heterocycles. The van der Waals surface area contributed by atoms with Crippen LogP contribution in [0.4, 0.5) is 13.2 Å². The molecule has 0 saturated heterocycles. The van der Waals surface area contributed by atoms with Crippen LogP contribution in [0.1, 0.15) is 13.3 Å². The zero-order chi connectivity index (χ0) is 9.35. The summed E-state index contributed by atoms with van der Waals surface area (Å²) in [5.41, 5.74) is -0.889. The zero-order valence-corrected chi connectivity index (χ0v) is 6.99. The molecule has 0 spiro atoms. The highest BCUT2D eigenvalue weighted by molar-refractivity contribution is 6.21. The molecule has 2 nitrogen and oxygen atoms in total. The molecular weight excluding hydrogens is 195 g/mol. The number of oxime groups is 1. The van der Waals surface area contributed by atoms with Crippen LogP contribution in [0.15, 0.2) is 5.16 Å². The van der Waals surface area contributed by atoms with Crippen LogP contribution in [-0.4, -0.2) is 23.4 Å². The van der Waals surface area contributed by atoms with Gasteiger partial charge in [0.1, 0.15) is 6.10 Å². The van der Waals surface area contributed by atoms with Crippen LogP contribution in [-0.2, 0) is 4.84 Å². The van der Waals surface area contributed by atoms with Gasteiger partial charge in [0.05, 0.1) is 5.38 Å². The normalized spacial score (nSPS) is 26.4. The minimum absolute atomic E-state index is 0.256. The van der Waals surface area contributed by atoms with Gasteiger partial charge in [0, 0.05) is 6.42 Å². The quantitative estimate of drug-likeness (QED) is 0.597. The monoisotopic (exact) mass is 201 g/mol. The van der Waals surface area contributed by atoms with Gasteiger partial charge in [-0.05, 0) is 6.92 Å². The van der Waals surface area contributed by atoms with Crippen LogP contribution in [0, 0.1) is 0 Å². The number of nitrogens with zero attached hydrogens (tertiary/aromatic N) is 1. The summed E-state index contributed by atoms with van der Waals surface area (Å²) in [7, 11) is 0. The number of halogens is 4. The Morgan fingerprint density at radius 1 is 1.67 bits per heavy atom. The lowest BCUT2D eigenvalue weighted by atomic mass is 10.1. The van der Waals surface area contributed by atoms with E-state index in [2.05, 4.69) is 9.99 Å². The maximum atomic E-state index is 11.9. The molecule has 0 fully saturated rings. The van der Waals surface area contributed by atoms with Gasteiger partial charge >= 0.3 is 6.18 Å². The Hall–Kier alpha value is -0.450. The Kier molecular flexibility index (Phi) is 2.51. The summed E-state index contributed by atoms with van der Waals surface area (Å²) in [6.45, 7) is 1.57. The molecule has 2 unspecified atom stereocenters. The maximum Gasteiger partial charge on any atom is 0.432 e. The van der Waals surface area contributed by atoms with Crippen molar-refractivity contribution in [2.24, 2.45) is 5.16 Å². The molecule has 70 valence electrons. The third-order valence-electron chi connectivity index (χ3n) is 1.53. The van der Waals surface area contributed by atoms with Crippen LogP contribution >= 0.6 is 11.6 Å². The van der Waals surface area contributed by atoms with Crippen molar-refractivity contribution in [3.63, 3.8) is 0 Å². The lowest BCUT2D eigenvalue weighted by Crippen LogP contribution is -2.25. The number of rotatable bonds is 1. The summed E-state index contributed by atoms with van der Waals surface area (Å²) in [6.07, 6.45) is -5.29. The number of hydrogen-bond acceptors (Lipinski definition) is 2. The molecule has 0 aromatic heterocycles. The topological polar surface area (TPSA) is 21.6 Å². The molecule has 0 saturated carbocycles. The fourth-order valence-corrected chi connectivity index (χ4v) is 0.945. The molecule has 1 aliphatic heterocycles. The molecule has 0 N–H and O–H groups in total. The molecule has 2 atom stereocenters. The van der Waals surface area contributed by atoms with Crippen LogP contribution in [0.3, 0.4) is 0 Å². The Labute approximate surface area is 72.3 Å². The predicted octanol–water partition coefficient (Wildman–Crippen LogP) is 2.32. The van der Waals surface area contributed by atoms with Crippen LogP contribution in [0.5, 0.6) is 0 Å². The van der Waals surface area contributed by atoms with Gasteiger partial charge in [-0.25, -0.2) is 0 Å². The van der Waals surface area contributed by atoms with Crippen molar-refractivity contribution >= 4 is 17.3 Å². The van der Waals surface area contributed by atoms with Gasteiger partial charge in [-0.3, -0.25) is 0 Å². The second kappa shape index (κ2) is 3.12. The first kappa shape index (κ1) is 9.64. The lowest BCUT2D eigenvalue weighted by Gasteiger charge is -2.09. The Balaban J connectivity index is 2.55. The zero-order valence-electron chi connectivity index (χ0n) is 6.23. The van der Waals surface area contributed by atoms with E-state index in [9.17, 15) is 13.2 Å². The first-order valence-corrected chi connectivity index (χ1v) is 3.79. The molecule has 0 aromatic carbocycles. The van der Waals surface area contributed by atoms with E-state index in [1.54, 1.807) is 6.92 Å². The fraction of sp³-hybridized carbons (Fsp3) is 0.833. The first-order valence-electron chi connectivity index (χ1n) is 3.35. The molecule has 0 radical (unpaired) electrons. The molecule has 0 aliphatic carbocycles. The van der Waals surface area contributed by atoms with E-state index in [0.717, 1.165) is 0 Å². The average molecular weight is 202 g/mol. The second-order valence-electron chi connectivity index (χ2n) is 2.56. The maximum absolute atomic E-state index is 11.9. The predicted molar refractivity (Wildman–Crippen MR) is 38.3 cm³/mol. The standard InChI is InChI=1S/C6H7ClF3NO/c1-3(7)4-2-5(11-12-4)6(8,9)10/h3-4H,2H2,1H3. The summed E-state index contributed by atoms with van der Waals surface area (Å²) >= 11 is 5.53. The van der Waals surface area contributed by atoms with Crippen LogP contribution < -0.4 is 0 Å². The molecule has 12 heavy (non-hydrogen) atoms. The van der Waals surface area contributed by atoms with Crippen LogP contribution in [0.2, 0.25) is 0 Å². The van der Waals surface area contributed by atoms with Gasteiger partial charge in [0.2, 0.25) is 0 Å². The van der Waals surface area contributed by atoms with Crippen molar-refractivity contribution in [3.8, 4) is 0 Å². The van der Waals surface area contributed by atoms with E-state index in [1.807, 2.05) is 0 Å². The molecular formula is C6H7ClF3NO. The first-order chi connectivity index (χ1) is 5.41. The average Bonchev–Trinajstić information content (AvgIpc) is 2.30. The van der Waals surface area contributed by atoms with Crippen molar-refractivity contribution in [2.75, 3.05) is 0 Å². The van der Waals surface area contributed by atoms with E-state index in [0.29, 0.717) is 0 Å². The van der Waals surface area contributed by atoms with E-state index < -0.39 is 23.4 Å². The Bertz CT molecular complexity index is 201. The summed E-state index contributed by atoms with van der Waals surface area (Å²) in [5.74, 6) is 0. The van der Waals surface area contributed by atoms with Crippen molar-refractivity contribution in [1.29, 1.82) is 0 Å². The van der Waals surface area contributed by atoms with Crippen LogP contribution in [0.25, 0.3) is 0 Å². The van der Waals surface area contributed by atoms with Crippen molar-refractivity contribution in [1.82, 2.24) is 0 Å². The molecule has 1 aliphatic rings. The molecule has 1 rings (SSSR count). The highest BCUT2D eigenvalue weighted by Gasteiger charge is 2.42. The minimum atomic E-state index is -4.39. The van der Waals surface area contributed by atoms with E-state index in [4.69, 9.17) is 11.6 Å². The summed E-state index contributed by atoms with van der Waals surface area (Å²) in [6, 6.07) is 0. The van der Waals surface area contributed by atoms with Gasteiger partial charge in [-0.1, -0.05) is 5.16 Å². The fourth-order valence-electron chi connectivity index (χ4n) is 0.810. The summed E-state index contributed by atoms with van der Waals surface area (Å²) < 4.78 is 35.8. The highest BCUT2D eigenvalue weighted by Crippen LogP contribution is 2.27. The second-order valence-corrected chi connectivity index (χ2v) is 3.25. The molecule has 6 heteroatoms. The Morgan fingerprint density at radius 3 is 2.50 bits per heavy atom. The number of hydrogen-bond donors (Lipinski definition) is 0. The third kappa shape index (κ3) is 2.03. The van der Waals surface area contributed by atoms with Gasteiger partial charge in [0.15, 0.2) is 5.71 Å². The van der Waals surface area contributed by atoms with Crippen molar-refractivity contribution < 1.29 is 18.0 Å². The largest absolute Gasteiger partial charge is 0.432 e. The van der Waals surface area contributed by atoms with Gasteiger partial charge in [-0.2, -0.15) is 13.2 Å². The minimum Gasteiger partial charge on any atom is -0.390 e. The molecule has 0 bridgehead atoms. The summed E-state index contributed by atoms with van der Waals surface area (Å²) in [5, 5.41) is 2.45. The SMILES string of the molecule is CC(Cl)C1CC(C(F)(F)F)=NO1. The van der Waals surface area contributed by atoms with Gasteiger partial charge in [0.25, 0.3) is 0 Å².